The average Bonchev–Trinajstić information content (AvgIpc) is 3.20. The van der Waals surface area contributed by atoms with Gasteiger partial charge in [-0.25, -0.2) is 4.68 Å². The molecule has 6 heteroatoms. The Morgan fingerprint density at radius 1 is 1.07 bits per heavy atom. The molecule has 0 bridgehead atoms. The number of carbonyl (C=O) groups is 1. The molecule has 2 aromatic carbocycles. The van der Waals surface area contributed by atoms with Crippen molar-refractivity contribution in [1.29, 1.82) is 0 Å². The first-order valence-corrected chi connectivity index (χ1v) is 8.93. The van der Waals surface area contributed by atoms with E-state index in [1.54, 1.807) is 11.8 Å². The highest BCUT2D eigenvalue weighted by Crippen LogP contribution is 2.28. The van der Waals surface area contributed by atoms with Gasteiger partial charge in [0, 0.05) is 24.8 Å². The van der Waals surface area contributed by atoms with Crippen molar-refractivity contribution in [1.82, 2.24) is 14.7 Å². The minimum absolute atomic E-state index is 0.0294. The summed E-state index contributed by atoms with van der Waals surface area (Å²) in [6, 6.07) is 17.4. The van der Waals surface area contributed by atoms with Crippen molar-refractivity contribution >= 4 is 5.91 Å². The number of aromatic nitrogens is 2. The molecule has 1 aliphatic heterocycles. The quantitative estimate of drug-likeness (QED) is 0.715. The van der Waals surface area contributed by atoms with Crippen LogP contribution >= 0.6 is 0 Å². The number of hydrogen-bond donors (Lipinski definition) is 0. The number of benzene rings is 2. The Morgan fingerprint density at radius 3 is 2.59 bits per heavy atom. The molecule has 0 spiro atoms. The van der Waals surface area contributed by atoms with Gasteiger partial charge in [-0.2, -0.15) is 5.10 Å². The topological polar surface area (TPSA) is 56.6 Å². The number of morpholine rings is 1. The van der Waals surface area contributed by atoms with Crippen LogP contribution in [0.4, 0.5) is 0 Å². The zero-order chi connectivity index (χ0) is 18.6. The molecule has 0 saturated carbocycles. The highest BCUT2D eigenvalue weighted by atomic mass is 16.5. The van der Waals surface area contributed by atoms with Crippen molar-refractivity contribution in [2.75, 3.05) is 33.4 Å². The maximum absolute atomic E-state index is 13.2. The van der Waals surface area contributed by atoms with Crippen LogP contribution in [0.3, 0.4) is 0 Å². The van der Waals surface area contributed by atoms with Crippen LogP contribution in [0.15, 0.2) is 60.8 Å². The highest BCUT2D eigenvalue weighted by Gasteiger charge is 2.25. The third-order valence-electron chi connectivity index (χ3n) is 4.61. The minimum atomic E-state index is -0.0294. The third-order valence-corrected chi connectivity index (χ3v) is 4.61. The van der Waals surface area contributed by atoms with Gasteiger partial charge in [-0.15, -0.1) is 0 Å². The summed E-state index contributed by atoms with van der Waals surface area (Å²) < 4.78 is 12.5. The summed E-state index contributed by atoms with van der Waals surface area (Å²) in [6.07, 6.45) is 1.81. The molecule has 1 amide bonds. The summed E-state index contributed by atoms with van der Waals surface area (Å²) in [4.78, 5) is 15.0. The van der Waals surface area contributed by atoms with Gasteiger partial charge < -0.3 is 14.4 Å². The summed E-state index contributed by atoms with van der Waals surface area (Å²) >= 11 is 0. The van der Waals surface area contributed by atoms with Gasteiger partial charge in [0.25, 0.3) is 5.91 Å². The molecule has 3 aromatic rings. The maximum Gasteiger partial charge on any atom is 0.257 e. The summed E-state index contributed by atoms with van der Waals surface area (Å²) in [5, 5.41) is 4.72. The van der Waals surface area contributed by atoms with E-state index >= 15 is 0 Å². The molecule has 0 atom stereocenters. The van der Waals surface area contributed by atoms with Crippen molar-refractivity contribution in [2.45, 2.75) is 0 Å². The zero-order valence-corrected chi connectivity index (χ0v) is 15.2. The lowest BCUT2D eigenvalue weighted by Gasteiger charge is -2.26. The lowest BCUT2D eigenvalue weighted by molar-refractivity contribution is 0.0303. The number of carbonyl (C=O) groups excluding carboxylic acids is 1. The first-order chi connectivity index (χ1) is 13.3. The Kier molecular flexibility index (Phi) is 4.89. The predicted octanol–water partition coefficient (Wildman–Crippen LogP) is 3.02. The molecule has 0 radical (unpaired) electrons. The Morgan fingerprint density at radius 2 is 1.85 bits per heavy atom. The number of ether oxygens (including phenoxy) is 2. The zero-order valence-electron chi connectivity index (χ0n) is 15.2. The van der Waals surface area contributed by atoms with E-state index < -0.39 is 0 Å². The van der Waals surface area contributed by atoms with E-state index in [0.717, 1.165) is 17.0 Å². The fraction of sp³-hybridized carbons (Fsp3) is 0.238. The molecular formula is C21H21N3O3. The standard InChI is InChI=1S/C21H21N3O3/c1-26-18-9-5-6-16(14-18)20-19(21(25)23-10-12-27-13-11-23)15-24(22-20)17-7-3-2-4-8-17/h2-9,14-15H,10-13H2,1H3. The largest absolute Gasteiger partial charge is 0.497 e. The van der Waals surface area contributed by atoms with Crippen LogP contribution in [0.2, 0.25) is 0 Å². The van der Waals surface area contributed by atoms with Crippen LogP contribution in [0.1, 0.15) is 10.4 Å². The fourth-order valence-corrected chi connectivity index (χ4v) is 3.16. The molecule has 1 aromatic heterocycles. The lowest BCUT2D eigenvalue weighted by atomic mass is 10.1. The molecule has 27 heavy (non-hydrogen) atoms. The number of hydrogen-bond acceptors (Lipinski definition) is 4. The third kappa shape index (κ3) is 3.57. The van der Waals surface area contributed by atoms with Gasteiger partial charge in [-0.1, -0.05) is 30.3 Å². The predicted molar refractivity (Wildman–Crippen MR) is 102 cm³/mol. The van der Waals surface area contributed by atoms with Crippen molar-refractivity contribution in [3.05, 3.63) is 66.4 Å². The number of rotatable bonds is 4. The molecule has 4 rings (SSSR count). The van der Waals surface area contributed by atoms with Gasteiger partial charge in [0.15, 0.2) is 0 Å². The smallest absolute Gasteiger partial charge is 0.257 e. The minimum Gasteiger partial charge on any atom is -0.497 e. The van der Waals surface area contributed by atoms with E-state index in [9.17, 15) is 4.79 Å². The Hall–Kier alpha value is -3.12. The second kappa shape index (κ2) is 7.63. The van der Waals surface area contributed by atoms with Crippen molar-refractivity contribution in [2.24, 2.45) is 0 Å². The molecule has 0 aliphatic carbocycles. The molecule has 6 nitrogen and oxygen atoms in total. The van der Waals surface area contributed by atoms with E-state index in [-0.39, 0.29) is 5.91 Å². The van der Waals surface area contributed by atoms with Gasteiger partial charge in [-0.05, 0) is 24.3 Å². The summed E-state index contributed by atoms with van der Waals surface area (Å²) in [6.45, 7) is 2.31. The van der Waals surface area contributed by atoms with E-state index in [1.165, 1.54) is 0 Å². The monoisotopic (exact) mass is 363 g/mol. The van der Waals surface area contributed by atoms with Crippen LogP contribution in [-0.2, 0) is 4.74 Å². The summed E-state index contributed by atoms with van der Waals surface area (Å²) in [5.41, 5.74) is 2.98. The number of nitrogens with zero attached hydrogens (tertiary/aromatic N) is 3. The van der Waals surface area contributed by atoms with Crippen LogP contribution < -0.4 is 4.74 Å². The van der Waals surface area contributed by atoms with Crippen LogP contribution in [0.25, 0.3) is 16.9 Å². The summed E-state index contributed by atoms with van der Waals surface area (Å²) in [7, 11) is 1.63. The molecule has 0 unspecified atom stereocenters. The summed E-state index contributed by atoms with van der Waals surface area (Å²) in [5.74, 6) is 0.699. The molecule has 138 valence electrons. The number of methoxy groups -OCH3 is 1. The Balaban J connectivity index is 1.79. The van der Waals surface area contributed by atoms with E-state index in [1.807, 2.05) is 65.7 Å². The van der Waals surface area contributed by atoms with Crippen molar-refractivity contribution in [3.8, 4) is 22.7 Å². The van der Waals surface area contributed by atoms with Gasteiger partial charge in [-0.3, -0.25) is 4.79 Å². The molecule has 1 saturated heterocycles. The Labute approximate surface area is 157 Å². The van der Waals surface area contributed by atoms with Crippen LogP contribution in [0.5, 0.6) is 5.75 Å². The average molecular weight is 363 g/mol. The van der Waals surface area contributed by atoms with Crippen LogP contribution in [-0.4, -0.2) is 54.0 Å². The number of amides is 1. The van der Waals surface area contributed by atoms with Crippen LogP contribution in [0, 0.1) is 0 Å². The van der Waals surface area contributed by atoms with E-state index in [0.29, 0.717) is 37.6 Å². The normalized spacial score (nSPS) is 14.2. The van der Waals surface area contributed by atoms with Crippen molar-refractivity contribution in [3.63, 3.8) is 0 Å². The fourth-order valence-electron chi connectivity index (χ4n) is 3.16. The SMILES string of the molecule is COc1cccc(-c2nn(-c3ccccc3)cc2C(=O)N2CCOCC2)c1. The van der Waals surface area contributed by atoms with E-state index in [4.69, 9.17) is 14.6 Å². The molecular weight excluding hydrogens is 342 g/mol. The first-order valence-electron chi connectivity index (χ1n) is 8.93. The lowest BCUT2D eigenvalue weighted by Crippen LogP contribution is -2.40. The van der Waals surface area contributed by atoms with Gasteiger partial charge in [0.2, 0.25) is 0 Å². The molecule has 1 aliphatic rings. The second-order valence-electron chi connectivity index (χ2n) is 6.31. The molecule has 0 N–H and O–H groups in total. The number of para-hydroxylation sites is 1. The molecule has 2 heterocycles. The van der Waals surface area contributed by atoms with E-state index in [2.05, 4.69) is 0 Å². The second-order valence-corrected chi connectivity index (χ2v) is 6.31. The highest BCUT2D eigenvalue weighted by molar-refractivity contribution is 6.00. The maximum atomic E-state index is 13.2. The molecule has 1 fully saturated rings. The first kappa shape index (κ1) is 17.3. The van der Waals surface area contributed by atoms with Crippen molar-refractivity contribution < 1.29 is 14.3 Å². The van der Waals surface area contributed by atoms with Gasteiger partial charge >= 0.3 is 0 Å². The van der Waals surface area contributed by atoms with Gasteiger partial charge in [0.1, 0.15) is 11.4 Å². The van der Waals surface area contributed by atoms with Gasteiger partial charge in [0.05, 0.1) is 31.6 Å². The Bertz CT molecular complexity index is 931.